The van der Waals surface area contributed by atoms with Crippen molar-refractivity contribution in [3.05, 3.63) is 42.1 Å². The van der Waals surface area contributed by atoms with Gasteiger partial charge in [-0.2, -0.15) is 4.31 Å². The van der Waals surface area contributed by atoms with Gasteiger partial charge in [-0.1, -0.05) is 6.07 Å². The zero-order valence-corrected chi connectivity index (χ0v) is 17.1. The summed E-state index contributed by atoms with van der Waals surface area (Å²) in [5.41, 5.74) is 1.17. The molecule has 2 fully saturated rings. The van der Waals surface area contributed by atoms with Crippen molar-refractivity contribution >= 4 is 15.8 Å². The second-order valence-electron chi connectivity index (χ2n) is 7.72. The molecule has 5 rings (SSSR count). The van der Waals surface area contributed by atoms with Gasteiger partial charge in [0.15, 0.2) is 11.5 Å². The summed E-state index contributed by atoms with van der Waals surface area (Å²) in [6, 6.07) is 9.83. The number of benzene rings is 1. The Balaban J connectivity index is 1.39. The first-order valence-corrected chi connectivity index (χ1v) is 11.7. The maximum atomic E-state index is 12.7. The molecule has 1 unspecified atom stereocenters. The Morgan fingerprint density at radius 1 is 0.931 bits per heavy atom. The molecule has 0 amide bonds. The van der Waals surface area contributed by atoms with E-state index < -0.39 is 10.0 Å². The van der Waals surface area contributed by atoms with Crippen LogP contribution in [-0.4, -0.2) is 50.6 Å². The smallest absolute Gasteiger partial charge is 0.244 e. The molecule has 2 aromatic rings. The number of sulfonamides is 1. The van der Waals surface area contributed by atoms with Crippen molar-refractivity contribution in [2.24, 2.45) is 0 Å². The van der Waals surface area contributed by atoms with Crippen LogP contribution in [0, 0.1) is 0 Å². The van der Waals surface area contributed by atoms with Crippen molar-refractivity contribution in [2.75, 3.05) is 37.7 Å². The molecule has 0 saturated carbocycles. The van der Waals surface area contributed by atoms with Crippen LogP contribution in [0.5, 0.6) is 11.5 Å². The molecule has 154 valence electrons. The first-order chi connectivity index (χ1) is 14.1. The van der Waals surface area contributed by atoms with E-state index in [2.05, 4.69) is 22.0 Å². The second kappa shape index (κ2) is 7.50. The Bertz CT molecular complexity index is 987. The van der Waals surface area contributed by atoms with Crippen LogP contribution in [0.25, 0.3) is 0 Å². The monoisotopic (exact) mass is 415 g/mol. The summed E-state index contributed by atoms with van der Waals surface area (Å²) >= 11 is 0. The summed E-state index contributed by atoms with van der Waals surface area (Å²) in [7, 11) is -3.43. The molecular weight excluding hydrogens is 390 g/mol. The van der Waals surface area contributed by atoms with Gasteiger partial charge in [-0.15, -0.1) is 0 Å². The number of fused-ring (bicyclic) bond motifs is 1. The first kappa shape index (κ1) is 18.7. The number of ether oxygens (including phenoxy) is 2. The van der Waals surface area contributed by atoms with Gasteiger partial charge in [0.05, 0.1) is 6.04 Å². The fourth-order valence-corrected chi connectivity index (χ4v) is 5.89. The van der Waals surface area contributed by atoms with Gasteiger partial charge in [0, 0.05) is 25.8 Å². The minimum atomic E-state index is -3.43. The molecule has 0 N–H and O–H groups in total. The lowest BCUT2D eigenvalue weighted by atomic mass is 10.0. The summed E-state index contributed by atoms with van der Waals surface area (Å²) in [5.74, 6) is 2.39. The largest absolute Gasteiger partial charge is 0.486 e. The summed E-state index contributed by atoms with van der Waals surface area (Å²) in [4.78, 5) is 7.05. The van der Waals surface area contributed by atoms with Crippen LogP contribution >= 0.6 is 0 Å². The fourth-order valence-electron chi connectivity index (χ4n) is 4.43. The number of rotatable bonds is 4. The van der Waals surface area contributed by atoms with Crippen LogP contribution in [-0.2, 0) is 10.0 Å². The van der Waals surface area contributed by atoms with E-state index in [0.717, 1.165) is 49.5 Å². The summed E-state index contributed by atoms with van der Waals surface area (Å²) in [5, 5.41) is 0. The fraction of sp³-hybridized carbons (Fsp3) is 0.476. The lowest BCUT2D eigenvalue weighted by Gasteiger charge is -2.27. The molecule has 3 aliphatic rings. The third-order valence-corrected chi connectivity index (χ3v) is 7.80. The van der Waals surface area contributed by atoms with E-state index in [4.69, 9.17) is 9.47 Å². The molecule has 3 aliphatic heterocycles. The normalized spacial score (nSPS) is 22.2. The number of anilines is 1. The molecule has 2 saturated heterocycles. The van der Waals surface area contributed by atoms with E-state index in [1.807, 2.05) is 12.1 Å². The predicted octanol–water partition coefficient (Wildman–Crippen LogP) is 2.98. The van der Waals surface area contributed by atoms with Crippen molar-refractivity contribution in [3.8, 4) is 11.5 Å². The van der Waals surface area contributed by atoms with Crippen molar-refractivity contribution in [1.82, 2.24) is 9.29 Å². The standard InChI is InChI=1S/C21H25N3O4S/c25-29(26,23-9-1-2-10-23)17-6-8-21(22-15-17)24-11-3-4-18(24)16-5-7-19-20(14-16)28-13-12-27-19/h5-8,14-15,18H,1-4,9-13H2. The van der Waals surface area contributed by atoms with Gasteiger partial charge in [0.1, 0.15) is 23.9 Å². The molecule has 0 bridgehead atoms. The van der Waals surface area contributed by atoms with Crippen LogP contribution in [0.4, 0.5) is 5.82 Å². The lowest BCUT2D eigenvalue weighted by molar-refractivity contribution is 0.171. The Morgan fingerprint density at radius 2 is 1.72 bits per heavy atom. The molecule has 4 heterocycles. The SMILES string of the molecule is O=S(=O)(c1ccc(N2CCCC2c2ccc3c(c2)OCCO3)nc1)N1CCCC1. The minimum Gasteiger partial charge on any atom is -0.486 e. The Labute approximate surface area is 171 Å². The Morgan fingerprint density at radius 3 is 2.48 bits per heavy atom. The van der Waals surface area contributed by atoms with E-state index in [-0.39, 0.29) is 10.9 Å². The van der Waals surface area contributed by atoms with Gasteiger partial charge in [0.25, 0.3) is 0 Å². The van der Waals surface area contributed by atoms with Gasteiger partial charge in [-0.3, -0.25) is 0 Å². The molecule has 0 radical (unpaired) electrons. The number of pyridine rings is 1. The van der Waals surface area contributed by atoms with Crippen LogP contribution in [0.2, 0.25) is 0 Å². The Hall–Kier alpha value is -2.32. The molecule has 0 aliphatic carbocycles. The quantitative estimate of drug-likeness (QED) is 0.765. The van der Waals surface area contributed by atoms with Crippen molar-refractivity contribution in [2.45, 2.75) is 36.6 Å². The number of aromatic nitrogens is 1. The average Bonchev–Trinajstić information content (AvgIpc) is 3.46. The summed E-state index contributed by atoms with van der Waals surface area (Å²) in [6.07, 6.45) is 5.44. The zero-order chi connectivity index (χ0) is 19.8. The molecule has 29 heavy (non-hydrogen) atoms. The summed E-state index contributed by atoms with van der Waals surface area (Å²) < 4.78 is 38.4. The molecule has 1 atom stereocenters. The molecule has 0 spiro atoms. The van der Waals surface area contributed by atoms with Gasteiger partial charge >= 0.3 is 0 Å². The lowest BCUT2D eigenvalue weighted by Crippen LogP contribution is -2.28. The molecule has 7 nitrogen and oxygen atoms in total. The van der Waals surface area contributed by atoms with Crippen molar-refractivity contribution < 1.29 is 17.9 Å². The van der Waals surface area contributed by atoms with E-state index in [1.165, 1.54) is 11.8 Å². The second-order valence-corrected chi connectivity index (χ2v) is 9.66. The highest BCUT2D eigenvalue weighted by Gasteiger charge is 2.30. The topological polar surface area (TPSA) is 72.0 Å². The molecule has 1 aromatic heterocycles. The van der Waals surface area contributed by atoms with Crippen LogP contribution in [0.15, 0.2) is 41.4 Å². The predicted molar refractivity (Wildman–Crippen MR) is 109 cm³/mol. The van der Waals surface area contributed by atoms with Gasteiger partial charge in [0.2, 0.25) is 10.0 Å². The van der Waals surface area contributed by atoms with E-state index in [1.54, 1.807) is 10.4 Å². The van der Waals surface area contributed by atoms with Crippen LogP contribution < -0.4 is 14.4 Å². The molecular formula is C21H25N3O4S. The van der Waals surface area contributed by atoms with Crippen LogP contribution in [0.3, 0.4) is 0 Å². The van der Waals surface area contributed by atoms with Gasteiger partial charge < -0.3 is 14.4 Å². The average molecular weight is 416 g/mol. The van der Waals surface area contributed by atoms with Crippen molar-refractivity contribution in [1.29, 1.82) is 0 Å². The van der Waals surface area contributed by atoms with E-state index in [0.29, 0.717) is 26.3 Å². The maximum Gasteiger partial charge on any atom is 0.244 e. The molecule has 8 heteroatoms. The third kappa shape index (κ3) is 3.44. The van der Waals surface area contributed by atoms with E-state index >= 15 is 0 Å². The van der Waals surface area contributed by atoms with Crippen LogP contribution in [0.1, 0.15) is 37.3 Å². The highest BCUT2D eigenvalue weighted by atomic mass is 32.2. The van der Waals surface area contributed by atoms with Crippen molar-refractivity contribution in [3.63, 3.8) is 0 Å². The number of hydrogen-bond acceptors (Lipinski definition) is 6. The highest BCUT2D eigenvalue weighted by Crippen LogP contribution is 2.39. The van der Waals surface area contributed by atoms with E-state index in [9.17, 15) is 8.42 Å². The highest BCUT2D eigenvalue weighted by molar-refractivity contribution is 7.89. The number of nitrogens with zero attached hydrogens (tertiary/aromatic N) is 3. The molecule has 1 aromatic carbocycles. The number of hydrogen-bond donors (Lipinski definition) is 0. The summed E-state index contributed by atoms with van der Waals surface area (Å²) in [6.45, 7) is 3.24. The van der Waals surface area contributed by atoms with Gasteiger partial charge in [-0.25, -0.2) is 13.4 Å². The maximum absolute atomic E-state index is 12.7. The zero-order valence-electron chi connectivity index (χ0n) is 16.3. The third-order valence-electron chi connectivity index (χ3n) is 5.92. The van der Waals surface area contributed by atoms with Gasteiger partial charge in [-0.05, 0) is 55.5 Å². The minimum absolute atomic E-state index is 0.194. The Kier molecular flexibility index (Phi) is 4.83. The first-order valence-electron chi connectivity index (χ1n) is 10.3.